The van der Waals surface area contributed by atoms with Crippen LogP contribution in [0.15, 0.2) is 29.6 Å². The normalized spacial score (nSPS) is 16.3. The van der Waals surface area contributed by atoms with Gasteiger partial charge in [0, 0.05) is 30.1 Å². The number of benzene rings is 1. The van der Waals surface area contributed by atoms with Gasteiger partial charge in [-0.15, -0.1) is 11.3 Å². The number of hydrogen-bond donors (Lipinski definition) is 1. The summed E-state index contributed by atoms with van der Waals surface area (Å²) >= 11 is 1.21. The number of halogens is 3. The predicted molar refractivity (Wildman–Crippen MR) is 90.4 cm³/mol. The maximum absolute atomic E-state index is 13.8. The number of likely N-dealkylation sites (tertiary alicyclic amines) is 1. The number of alkyl halides is 2. The van der Waals surface area contributed by atoms with Gasteiger partial charge in [0.1, 0.15) is 16.5 Å². The molecule has 1 aromatic carbocycles. The molecule has 25 heavy (non-hydrogen) atoms. The predicted octanol–water partition coefficient (Wildman–Crippen LogP) is 3.41. The van der Waals surface area contributed by atoms with Crippen LogP contribution in [0, 0.1) is 5.82 Å². The van der Waals surface area contributed by atoms with Gasteiger partial charge in [-0.1, -0.05) is 12.1 Å². The van der Waals surface area contributed by atoms with Gasteiger partial charge in [-0.3, -0.25) is 9.69 Å². The number of thiazole rings is 1. The first-order chi connectivity index (χ1) is 12.0. The van der Waals surface area contributed by atoms with E-state index >= 15 is 0 Å². The highest BCUT2D eigenvalue weighted by Crippen LogP contribution is 2.26. The van der Waals surface area contributed by atoms with E-state index in [-0.39, 0.29) is 30.0 Å². The molecule has 4 nitrogen and oxygen atoms in total. The van der Waals surface area contributed by atoms with Crippen molar-refractivity contribution >= 4 is 17.2 Å². The zero-order chi connectivity index (χ0) is 17.8. The molecule has 1 aliphatic heterocycles. The summed E-state index contributed by atoms with van der Waals surface area (Å²) in [5.41, 5.74) is 0.616. The summed E-state index contributed by atoms with van der Waals surface area (Å²) in [6.45, 7) is 0.846. The number of carbonyl (C=O) groups is 1. The number of aromatic nitrogens is 1. The smallest absolute Gasteiger partial charge is 0.270 e. The zero-order valence-corrected chi connectivity index (χ0v) is 14.2. The summed E-state index contributed by atoms with van der Waals surface area (Å²) in [5, 5.41) is 4.94. The van der Waals surface area contributed by atoms with E-state index in [9.17, 15) is 18.0 Å². The van der Waals surface area contributed by atoms with Crippen LogP contribution in [-0.4, -0.2) is 47.9 Å². The summed E-state index contributed by atoms with van der Waals surface area (Å²) in [7, 11) is 0. The van der Waals surface area contributed by atoms with E-state index in [0.29, 0.717) is 36.5 Å². The molecule has 1 saturated heterocycles. The minimum absolute atomic E-state index is 0.0555. The molecule has 1 aliphatic rings. The molecule has 8 heteroatoms. The largest absolute Gasteiger partial charge is 0.348 e. The van der Waals surface area contributed by atoms with Crippen molar-refractivity contribution in [3.63, 3.8) is 0 Å². The van der Waals surface area contributed by atoms with Crippen molar-refractivity contribution < 1.29 is 18.0 Å². The van der Waals surface area contributed by atoms with Crippen LogP contribution < -0.4 is 5.32 Å². The van der Waals surface area contributed by atoms with Crippen LogP contribution in [0.25, 0.3) is 10.6 Å². The van der Waals surface area contributed by atoms with E-state index in [0.717, 1.165) is 0 Å². The summed E-state index contributed by atoms with van der Waals surface area (Å²) in [5.74, 6) is -0.693. The van der Waals surface area contributed by atoms with Crippen LogP contribution in [0.1, 0.15) is 23.3 Å². The molecule has 1 aromatic heterocycles. The Morgan fingerprint density at radius 3 is 2.72 bits per heavy atom. The van der Waals surface area contributed by atoms with Crippen molar-refractivity contribution in [2.45, 2.75) is 25.3 Å². The molecule has 0 atom stereocenters. The number of rotatable bonds is 5. The van der Waals surface area contributed by atoms with Crippen molar-refractivity contribution in [1.82, 2.24) is 15.2 Å². The van der Waals surface area contributed by atoms with Crippen LogP contribution in [-0.2, 0) is 0 Å². The summed E-state index contributed by atoms with van der Waals surface area (Å²) in [6, 6.07) is 6.23. The van der Waals surface area contributed by atoms with Crippen molar-refractivity contribution in [3.05, 3.63) is 41.2 Å². The fourth-order valence-corrected chi connectivity index (χ4v) is 3.68. The molecule has 3 rings (SSSR count). The van der Waals surface area contributed by atoms with Crippen molar-refractivity contribution in [2.75, 3.05) is 19.6 Å². The van der Waals surface area contributed by atoms with Gasteiger partial charge in [0.2, 0.25) is 0 Å². The average Bonchev–Trinajstić information content (AvgIpc) is 3.06. The lowest BCUT2D eigenvalue weighted by atomic mass is 10.0. The molecular weight excluding hydrogens is 351 g/mol. The number of hydrogen-bond acceptors (Lipinski definition) is 4. The number of nitrogens with zero attached hydrogens (tertiary/aromatic N) is 2. The molecule has 0 radical (unpaired) electrons. The average molecular weight is 369 g/mol. The highest BCUT2D eigenvalue weighted by molar-refractivity contribution is 7.13. The van der Waals surface area contributed by atoms with Crippen molar-refractivity contribution in [1.29, 1.82) is 0 Å². The molecule has 1 amide bonds. The number of carbonyl (C=O) groups excluding carboxylic acids is 1. The van der Waals surface area contributed by atoms with Gasteiger partial charge in [-0.25, -0.2) is 18.2 Å². The molecule has 0 bridgehead atoms. The van der Waals surface area contributed by atoms with Gasteiger partial charge in [-0.2, -0.15) is 0 Å². The third kappa shape index (κ3) is 4.58. The van der Waals surface area contributed by atoms with Crippen molar-refractivity contribution in [2.24, 2.45) is 0 Å². The lowest BCUT2D eigenvalue weighted by Gasteiger charge is -2.31. The first kappa shape index (κ1) is 17.9. The molecule has 134 valence electrons. The Hall–Kier alpha value is -1.93. The van der Waals surface area contributed by atoms with Crippen LogP contribution in [0.2, 0.25) is 0 Å². The second-order valence-electron chi connectivity index (χ2n) is 5.96. The van der Waals surface area contributed by atoms with Crippen molar-refractivity contribution in [3.8, 4) is 10.6 Å². The Morgan fingerprint density at radius 1 is 1.32 bits per heavy atom. The van der Waals surface area contributed by atoms with E-state index in [1.165, 1.54) is 17.4 Å². The number of nitrogens with one attached hydrogen (secondary N) is 1. The van der Waals surface area contributed by atoms with Gasteiger partial charge >= 0.3 is 0 Å². The SMILES string of the molecule is O=C(NC1CCN(CC(F)F)CC1)c1csc(-c2ccccc2F)n1. The highest BCUT2D eigenvalue weighted by atomic mass is 32.1. The van der Waals surface area contributed by atoms with E-state index in [4.69, 9.17) is 0 Å². The standard InChI is InChI=1S/C17H18F3N3OS/c18-13-4-2-1-3-12(13)17-22-14(10-25-17)16(24)21-11-5-7-23(8-6-11)9-15(19)20/h1-4,10-11,15H,5-9H2,(H,21,24). The lowest BCUT2D eigenvalue weighted by molar-refractivity contribution is 0.0695. The second kappa shape index (κ2) is 7.97. The van der Waals surface area contributed by atoms with E-state index in [1.54, 1.807) is 28.5 Å². The third-order valence-corrected chi connectivity index (χ3v) is 5.04. The molecular formula is C17H18F3N3OS. The summed E-state index contributed by atoms with van der Waals surface area (Å²) in [4.78, 5) is 18.2. The first-order valence-electron chi connectivity index (χ1n) is 8.04. The molecule has 0 saturated carbocycles. The molecule has 1 N–H and O–H groups in total. The van der Waals surface area contributed by atoms with E-state index < -0.39 is 6.43 Å². The lowest BCUT2D eigenvalue weighted by Crippen LogP contribution is -2.45. The fourth-order valence-electron chi connectivity index (χ4n) is 2.85. The van der Waals surface area contributed by atoms with Gasteiger partial charge in [0.25, 0.3) is 12.3 Å². The van der Waals surface area contributed by atoms with E-state index in [2.05, 4.69) is 10.3 Å². The minimum atomic E-state index is -2.34. The Balaban J connectivity index is 1.57. The van der Waals surface area contributed by atoms with Gasteiger partial charge in [0.15, 0.2) is 0 Å². The molecule has 0 unspecified atom stereocenters. The van der Waals surface area contributed by atoms with Crippen LogP contribution in [0.3, 0.4) is 0 Å². The number of amides is 1. The fraction of sp³-hybridized carbons (Fsp3) is 0.412. The topological polar surface area (TPSA) is 45.2 Å². The molecule has 0 spiro atoms. The van der Waals surface area contributed by atoms with Crippen LogP contribution in [0.4, 0.5) is 13.2 Å². The quantitative estimate of drug-likeness (QED) is 0.879. The van der Waals surface area contributed by atoms with Gasteiger partial charge < -0.3 is 5.32 Å². The monoisotopic (exact) mass is 369 g/mol. The maximum atomic E-state index is 13.8. The second-order valence-corrected chi connectivity index (χ2v) is 6.82. The Bertz CT molecular complexity index is 729. The van der Waals surface area contributed by atoms with E-state index in [1.807, 2.05) is 0 Å². The molecule has 2 aromatic rings. The Labute approximate surface area is 147 Å². The van der Waals surface area contributed by atoms with Crippen LogP contribution in [0.5, 0.6) is 0 Å². The summed E-state index contributed by atoms with van der Waals surface area (Å²) < 4.78 is 38.5. The highest BCUT2D eigenvalue weighted by Gasteiger charge is 2.23. The van der Waals surface area contributed by atoms with Gasteiger partial charge in [-0.05, 0) is 25.0 Å². The van der Waals surface area contributed by atoms with Gasteiger partial charge in [0.05, 0.1) is 6.54 Å². The Kier molecular flexibility index (Phi) is 5.70. The molecule has 2 heterocycles. The first-order valence-corrected chi connectivity index (χ1v) is 8.92. The Morgan fingerprint density at radius 2 is 2.04 bits per heavy atom. The number of piperidine rings is 1. The summed E-state index contributed by atoms with van der Waals surface area (Å²) in [6.07, 6.45) is -1.08. The molecule has 0 aliphatic carbocycles. The maximum Gasteiger partial charge on any atom is 0.270 e. The van der Waals surface area contributed by atoms with Crippen LogP contribution >= 0.6 is 11.3 Å². The third-order valence-electron chi connectivity index (χ3n) is 4.16. The minimum Gasteiger partial charge on any atom is -0.348 e. The molecule has 1 fully saturated rings. The zero-order valence-electron chi connectivity index (χ0n) is 13.4.